The molecule has 2 atom stereocenters. The first kappa shape index (κ1) is 26.4. The van der Waals surface area contributed by atoms with Crippen molar-refractivity contribution in [3.63, 3.8) is 0 Å². The van der Waals surface area contributed by atoms with Crippen LogP contribution in [0.25, 0.3) is 16.6 Å². The van der Waals surface area contributed by atoms with Gasteiger partial charge in [0.05, 0.1) is 23.1 Å². The van der Waals surface area contributed by atoms with Crippen LogP contribution in [0.4, 0.5) is 0 Å². The van der Waals surface area contributed by atoms with Gasteiger partial charge in [-0.15, -0.1) is 0 Å². The standard InChI is InChI=1S/C25H22Cl2N4O6S/c1-14-9-19(30-8-7-28-13-30)16-3-2-4-21(24(16)29-14)37-12-17-18(26)5-6-22(23(17)27)38(35,36)31-11-15(32)10-20(31)25(33)34/h2-9,13,15,20,32H,10-12H2,1H3,(H,33,34)/t15?,20-/m0/s1. The first-order chi connectivity index (χ1) is 18.1. The molecule has 0 saturated carbocycles. The highest BCUT2D eigenvalue weighted by molar-refractivity contribution is 7.89. The second-order valence-electron chi connectivity index (χ2n) is 8.85. The summed E-state index contributed by atoms with van der Waals surface area (Å²) < 4.78 is 35.4. The number of rotatable bonds is 7. The van der Waals surface area contributed by atoms with E-state index in [1.165, 1.54) is 12.1 Å². The Morgan fingerprint density at radius 2 is 2.03 bits per heavy atom. The van der Waals surface area contributed by atoms with Crippen molar-refractivity contribution in [1.82, 2.24) is 18.8 Å². The zero-order chi connectivity index (χ0) is 27.2. The van der Waals surface area contributed by atoms with E-state index in [4.69, 9.17) is 27.9 Å². The van der Waals surface area contributed by atoms with Gasteiger partial charge in [-0.25, -0.2) is 18.4 Å². The summed E-state index contributed by atoms with van der Waals surface area (Å²) in [5.74, 6) is -0.922. The number of ether oxygens (including phenoxy) is 1. The van der Waals surface area contributed by atoms with Gasteiger partial charge in [0.15, 0.2) is 0 Å². The first-order valence-corrected chi connectivity index (χ1v) is 13.7. The molecule has 13 heteroatoms. The van der Waals surface area contributed by atoms with Crippen LogP contribution in [0.1, 0.15) is 17.7 Å². The number of carbonyl (C=O) groups is 1. The van der Waals surface area contributed by atoms with E-state index in [1.807, 2.05) is 35.9 Å². The van der Waals surface area contributed by atoms with E-state index >= 15 is 0 Å². The predicted molar refractivity (Wildman–Crippen MR) is 140 cm³/mol. The number of benzene rings is 2. The largest absolute Gasteiger partial charge is 0.487 e. The van der Waals surface area contributed by atoms with E-state index in [0.29, 0.717) is 11.3 Å². The number of nitrogens with zero attached hydrogens (tertiary/aromatic N) is 4. The Labute approximate surface area is 228 Å². The van der Waals surface area contributed by atoms with E-state index in [2.05, 4.69) is 9.97 Å². The minimum absolute atomic E-state index is 0.175. The Balaban J connectivity index is 1.50. The fourth-order valence-electron chi connectivity index (χ4n) is 4.52. The molecule has 1 fully saturated rings. The number of aliphatic hydroxyl groups is 1. The van der Waals surface area contributed by atoms with Crippen molar-refractivity contribution >= 4 is 50.1 Å². The molecule has 0 amide bonds. The lowest BCUT2D eigenvalue weighted by Gasteiger charge is -2.22. The van der Waals surface area contributed by atoms with Crippen LogP contribution in [-0.2, 0) is 21.4 Å². The number of aliphatic hydroxyl groups excluding tert-OH is 1. The lowest BCUT2D eigenvalue weighted by molar-refractivity contribution is -0.140. The van der Waals surface area contributed by atoms with Gasteiger partial charge in [0.2, 0.25) is 10.0 Å². The summed E-state index contributed by atoms with van der Waals surface area (Å²) in [6.45, 7) is 1.32. The number of fused-ring (bicyclic) bond motifs is 1. The molecule has 0 bridgehead atoms. The molecule has 1 aliphatic rings. The van der Waals surface area contributed by atoms with Crippen molar-refractivity contribution in [2.75, 3.05) is 6.54 Å². The Hall–Kier alpha value is -3.22. The molecule has 5 rings (SSSR count). The number of β-amino-alcohol motifs (C(OH)–C–C–N with tert-alkyl or cyclic N) is 1. The summed E-state index contributed by atoms with van der Waals surface area (Å²) in [6, 6.07) is 8.55. The van der Waals surface area contributed by atoms with Crippen molar-refractivity contribution in [3.05, 3.63) is 76.4 Å². The number of hydrogen-bond acceptors (Lipinski definition) is 7. The average molecular weight is 577 g/mol. The van der Waals surface area contributed by atoms with E-state index in [-0.39, 0.29) is 40.1 Å². The highest BCUT2D eigenvalue weighted by Crippen LogP contribution is 2.37. The monoisotopic (exact) mass is 576 g/mol. The summed E-state index contributed by atoms with van der Waals surface area (Å²) in [7, 11) is -4.36. The molecule has 0 spiro atoms. The van der Waals surface area contributed by atoms with Crippen LogP contribution >= 0.6 is 23.2 Å². The normalized spacial score (nSPS) is 18.2. The van der Waals surface area contributed by atoms with Gasteiger partial charge in [0.25, 0.3) is 0 Å². The number of pyridine rings is 1. The Morgan fingerprint density at radius 1 is 1.24 bits per heavy atom. The topological polar surface area (TPSA) is 135 Å². The maximum Gasteiger partial charge on any atom is 0.322 e. The highest BCUT2D eigenvalue weighted by Gasteiger charge is 2.44. The molecule has 1 unspecified atom stereocenters. The Kier molecular flexibility index (Phi) is 7.05. The van der Waals surface area contributed by atoms with Crippen LogP contribution in [0.15, 0.2) is 60.0 Å². The number of aromatic nitrogens is 3. The van der Waals surface area contributed by atoms with Crippen molar-refractivity contribution in [1.29, 1.82) is 0 Å². The Bertz CT molecular complexity index is 1650. The molecule has 0 aliphatic carbocycles. The fourth-order valence-corrected chi connectivity index (χ4v) is 7.01. The maximum atomic E-state index is 13.4. The first-order valence-electron chi connectivity index (χ1n) is 11.5. The highest BCUT2D eigenvalue weighted by atomic mass is 35.5. The molecule has 1 aliphatic heterocycles. The molecule has 10 nitrogen and oxygen atoms in total. The molecule has 2 N–H and O–H groups in total. The van der Waals surface area contributed by atoms with E-state index in [0.717, 1.165) is 21.1 Å². The van der Waals surface area contributed by atoms with Crippen LogP contribution in [0.2, 0.25) is 10.0 Å². The molecule has 2 aromatic carbocycles. The minimum Gasteiger partial charge on any atom is -0.487 e. The van der Waals surface area contributed by atoms with Crippen molar-refractivity contribution in [3.8, 4) is 11.4 Å². The lowest BCUT2D eigenvalue weighted by atomic mass is 10.1. The average Bonchev–Trinajstić information content (AvgIpc) is 3.54. The van der Waals surface area contributed by atoms with Gasteiger partial charge >= 0.3 is 5.97 Å². The van der Waals surface area contributed by atoms with Gasteiger partial charge in [-0.3, -0.25) is 4.79 Å². The van der Waals surface area contributed by atoms with Crippen molar-refractivity contribution in [2.24, 2.45) is 0 Å². The zero-order valence-electron chi connectivity index (χ0n) is 20.0. The second kappa shape index (κ2) is 10.2. The van der Waals surface area contributed by atoms with Crippen molar-refractivity contribution in [2.45, 2.75) is 37.0 Å². The van der Waals surface area contributed by atoms with E-state index < -0.39 is 28.1 Å². The van der Waals surface area contributed by atoms with Crippen LogP contribution < -0.4 is 4.74 Å². The number of aliphatic carboxylic acids is 1. The molecule has 198 valence electrons. The zero-order valence-corrected chi connectivity index (χ0v) is 22.3. The van der Waals surface area contributed by atoms with Gasteiger partial charge in [-0.1, -0.05) is 35.3 Å². The molecular formula is C25H22Cl2N4O6S. The number of carboxylic acids is 1. The maximum absolute atomic E-state index is 13.4. The number of imidazole rings is 1. The van der Waals surface area contributed by atoms with Gasteiger partial charge in [0, 0.05) is 47.0 Å². The number of para-hydroxylation sites is 1. The van der Waals surface area contributed by atoms with Crippen LogP contribution in [0, 0.1) is 6.92 Å². The van der Waals surface area contributed by atoms with Gasteiger partial charge in [-0.05, 0) is 31.2 Å². The third-order valence-electron chi connectivity index (χ3n) is 6.32. The quantitative estimate of drug-likeness (QED) is 0.339. The van der Waals surface area contributed by atoms with Crippen LogP contribution in [-0.4, -0.2) is 62.1 Å². The third kappa shape index (κ3) is 4.72. The number of halogens is 2. The predicted octanol–water partition coefficient (Wildman–Crippen LogP) is 3.82. The van der Waals surface area contributed by atoms with E-state index in [9.17, 15) is 23.4 Å². The molecule has 1 saturated heterocycles. The SMILES string of the molecule is Cc1cc(-n2ccnc2)c2cccc(OCc3c(Cl)ccc(S(=O)(=O)N4CC(O)C[C@H]4C(=O)O)c3Cl)c2n1. The minimum atomic E-state index is -4.36. The molecule has 4 aromatic rings. The molecule has 2 aromatic heterocycles. The molecule has 38 heavy (non-hydrogen) atoms. The summed E-state index contributed by atoms with van der Waals surface area (Å²) in [4.78, 5) is 20.1. The number of aryl methyl sites for hydroxylation is 1. The summed E-state index contributed by atoms with van der Waals surface area (Å²) >= 11 is 12.9. The van der Waals surface area contributed by atoms with Gasteiger partial charge < -0.3 is 19.5 Å². The summed E-state index contributed by atoms with van der Waals surface area (Å²) in [5.41, 5.74) is 2.41. The molecule has 0 radical (unpaired) electrons. The van der Waals surface area contributed by atoms with Crippen LogP contribution in [0.3, 0.4) is 0 Å². The lowest BCUT2D eigenvalue weighted by Crippen LogP contribution is -2.40. The second-order valence-corrected chi connectivity index (χ2v) is 11.5. The van der Waals surface area contributed by atoms with E-state index in [1.54, 1.807) is 18.6 Å². The van der Waals surface area contributed by atoms with Gasteiger partial charge in [0.1, 0.15) is 28.8 Å². The smallest absolute Gasteiger partial charge is 0.322 e. The van der Waals surface area contributed by atoms with Crippen LogP contribution in [0.5, 0.6) is 5.75 Å². The number of carboxylic acid groups (broad SMARTS) is 1. The Morgan fingerprint density at radius 3 is 2.74 bits per heavy atom. The number of hydrogen-bond donors (Lipinski definition) is 2. The third-order valence-corrected chi connectivity index (χ3v) is 9.13. The summed E-state index contributed by atoms with van der Waals surface area (Å²) in [5, 5.41) is 20.2. The molecular weight excluding hydrogens is 555 g/mol. The molecule has 3 heterocycles. The fraction of sp³-hybridized carbons (Fsp3) is 0.240. The number of sulfonamides is 1. The van der Waals surface area contributed by atoms with Crippen molar-refractivity contribution < 1.29 is 28.2 Å². The summed E-state index contributed by atoms with van der Waals surface area (Å²) in [6.07, 6.45) is 3.86. The van der Waals surface area contributed by atoms with Gasteiger partial charge in [-0.2, -0.15) is 4.31 Å².